The van der Waals surface area contributed by atoms with Crippen LogP contribution in [0.4, 0.5) is 0 Å². The second kappa shape index (κ2) is 10.6. The molecule has 0 saturated heterocycles. The molecule has 0 heterocycles. The number of carbonyl (C=O) groups is 1. The molecule has 0 saturated carbocycles. The molecule has 0 spiro atoms. The second-order valence-electron chi connectivity index (χ2n) is 2.62. The number of carbonyl (C=O) groups excluding carboxylic acids is 1. The molecule has 0 aromatic rings. The van der Waals surface area contributed by atoms with Crippen LogP contribution in [0.25, 0.3) is 0 Å². The highest BCUT2D eigenvalue weighted by molar-refractivity contribution is 5.73. The topological polar surface area (TPSA) is 69.4 Å². The summed E-state index contributed by atoms with van der Waals surface area (Å²) in [5.74, 6) is -0.534. The third-order valence-electron chi connectivity index (χ3n) is 1.66. The van der Waals surface area contributed by atoms with E-state index in [0.29, 0.717) is 0 Å². The molecule has 0 unspecified atom stereocenters. The SMILES string of the molecule is C=C/C(CC(=O)OC)=C(\C=C/C)[N+](=O)[O-].CC. The summed E-state index contributed by atoms with van der Waals surface area (Å²) in [6.07, 6.45) is 3.98. The summed E-state index contributed by atoms with van der Waals surface area (Å²) in [5.41, 5.74) is 0.0999. The van der Waals surface area contributed by atoms with Crippen molar-refractivity contribution in [3.8, 4) is 0 Å². The summed E-state index contributed by atoms with van der Waals surface area (Å²) in [5, 5.41) is 10.7. The lowest BCUT2D eigenvalue weighted by Gasteiger charge is -2.00. The smallest absolute Gasteiger partial charge is 0.310 e. The molecule has 5 heteroatoms. The van der Waals surface area contributed by atoms with Gasteiger partial charge in [-0.2, -0.15) is 0 Å². The van der Waals surface area contributed by atoms with Crippen LogP contribution in [-0.4, -0.2) is 18.0 Å². The Morgan fingerprint density at radius 2 is 2.00 bits per heavy atom. The number of nitro groups is 1. The zero-order valence-electron chi connectivity index (χ0n) is 10.7. The van der Waals surface area contributed by atoms with E-state index in [1.807, 2.05) is 13.8 Å². The number of methoxy groups -OCH3 is 1. The molecule has 0 aliphatic rings. The lowest BCUT2D eigenvalue weighted by atomic mass is 10.1. The van der Waals surface area contributed by atoms with Gasteiger partial charge in [0.05, 0.1) is 18.5 Å². The zero-order chi connectivity index (χ0) is 13.8. The minimum Gasteiger partial charge on any atom is -0.469 e. The minimum atomic E-state index is -0.556. The van der Waals surface area contributed by atoms with E-state index in [1.54, 1.807) is 6.92 Å². The van der Waals surface area contributed by atoms with Gasteiger partial charge in [0.1, 0.15) is 0 Å². The first-order chi connectivity index (χ1) is 8.06. The maximum Gasteiger partial charge on any atom is 0.310 e. The van der Waals surface area contributed by atoms with E-state index in [1.165, 1.54) is 25.3 Å². The first kappa shape index (κ1) is 17.5. The Morgan fingerprint density at radius 3 is 2.29 bits per heavy atom. The Morgan fingerprint density at radius 1 is 1.47 bits per heavy atom. The summed E-state index contributed by atoms with van der Waals surface area (Å²) in [7, 11) is 1.23. The highest BCUT2D eigenvalue weighted by Gasteiger charge is 2.15. The first-order valence-corrected chi connectivity index (χ1v) is 5.26. The summed E-state index contributed by atoms with van der Waals surface area (Å²) < 4.78 is 4.42. The van der Waals surface area contributed by atoms with Crippen LogP contribution in [0.5, 0.6) is 0 Å². The van der Waals surface area contributed by atoms with Crippen molar-refractivity contribution in [2.45, 2.75) is 27.2 Å². The van der Waals surface area contributed by atoms with E-state index >= 15 is 0 Å². The maximum absolute atomic E-state index is 11.0. The monoisotopic (exact) mass is 241 g/mol. The number of rotatable bonds is 5. The van der Waals surface area contributed by atoms with Crippen LogP contribution >= 0.6 is 0 Å². The molecule has 5 nitrogen and oxygen atoms in total. The number of ether oxygens (including phenoxy) is 1. The average Bonchev–Trinajstić information content (AvgIpc) is 2.35. The number of nitrogens with zero attached hydrogens (tertiary/aromatic N) is 1. The molecule has 17 heavy (non-hydrogen) atoms. The molecular formula is C12H19NO4. The predicted octanol–water partition coefficient (Wildman–Crippen LogP) is 2.87. The van der Waals surface area contributed by atoms with Crippen LogP contribution in [0.3, 0.4) is 0 Å². The van der Waals surface area contributed by atoms with Gasteiger partial charge >= 0.3 is 5.97 Å². The van der Waals surface area contributed by atoms with Crippen LogP contribution in [0.2, 0.25) is 0 Å². The van der Waals surface area contributed by atoms with Crippen molar-refractivity contribution >= 4 is 5.97 Å². The van der Waals surface area contributed by atoms with Crippen molar-refractivity contribution in [3.63, 3.8) is 0 Å². The Bertz CT molecular complexity index is 329. The lowest BCUT2D eigenvalue weighted by Crippen LogP contribution is -2.06. The van der Waals surface area contributed by atoms with Gasteiger partial charge in [0, 0.05) is 11.6 Å². The number of esters is 1. The van der Waals surface area contributed by atoms with Crippen LogP contribution in [0, 0.1) is 10.1 Å². The summed E-state index contributed by atoms with van der Waals surface area (Å²) in [6, 6.07) is 0. The molecule has 0 rings (SSSR count). The molecule has 0 fully saturated rings. The van der Waals surface area contributed by atoms with E-state index in [-0.39, 0.29) is 17.7 Å². The van der Waals surface area contributed by atoms with Gasteiger partial charge in [0.25, 0.3) is 5.70 Å². The standard InChI is InChI=1S/C10H13NO4.C2H6/c1-4-6-9(11(13)14)8(5-2)7-10(12)15-3;1-2/h4-6H,2,7H2,1,3H3;1-2H3/b6-4-,9-8-;. The van der Waals surface area contributed by atoms with Crippen molar-refractivity contribution in [2.24, 2.45) is 0 Å². The minimum absolute atomic E-state index is 0.141. The van der Waals surface area contributed by atoms with Crippen LogP contribution in [-0.2, 0) is 9.53 Å². The van der Waals surface area contributed by atoms with E-state index in [2.05, 4.69) is 11.3 Å². The fourth-order valence-corrected chi connectivity index (χ4v) is 0.938. The first-order valence-electron chi connectivity index (χ1n) is 5.26. The molecule has 0 bridgehead atoms. The molecule has 0 radical (unpaired) electrons. The van der Waals surface area contributed by atoms with Gasteiger partial charge in [-0.1, -0.05) is 32.6 Å². The van der Waals surface area contributed by atoms with Gasteiger partial charge in [-0.25, -0.2) is 0 Å². The van der Waals surface area contributed by atoms with Crippen molar-refractivity contribution in [2.75, 3.05) is 7.11 Å². The summed E-state index contributed by atoms with van der Waals surface area (Å²) in [4.78, 5) is 21.1. The molecule has 0 atom stereocenters. The largest absolute Gasteiger partial charge is 0.469 e. The normalized spacial score (nSPS) is 11.1. The average molecular weight is 241 g/mol. The highest BCUT2D eigenvalue weighted by Crippen LogP contribution is 2.13. The fourth-order valence-electron chi connectivity index (χ4n) is 0.938. The predicted molar refractivity (Wildman–Crippen MR) is 67.0 cm³/mol. The van der Waals surface area contributed by atoms with Crippen LogP contribution in [0.1, 0.15) is 27.2 Å². The van der Waals surface area contributed by atoms with Crippen molar-refractivity contribution in [1.29, 1.82) is 0 Å². The molecular weight excluding hydrogens is 222 g/mol. The van der Waals surface area contributed by atoms with Gasteiger partial charge in [0.2, 0.25) is 0 Å². The quantitative estimate of drug-likeness (QED) is 0.321. The van der Waals surface area contributed by atoms with Gasteiger partial charge in [0.15, 0.2) is 0 Å². The molecule has 0 N–H and O–H groups in total. The van der Waals surface area contributed by atoms with Gasteiger partial charge < -0.3 is 4.74 Å². The molecule has 0 amide bonds. The Kier molecular flexibility index (Phi) is 10.9. The Hall–Kier alpha value is -1.91. The second-order valence-corrected chi connectivity index (χ2v) is 2.62. The van der Waals surface area contributed by atoms with E-state index in [0.717, 1.165) is 0 Å². The molecule has 0 aliphatic carbocycles. The van der Waals surface area contributed by atoms with Crippen molar-refractivity contribution < 1.29 is 14.5 Å². The molecule has 0 aliphatic heterocycles. The van der Waals surface area contributed by atoms with E-state index < -0.39 is 10.9 Å². The Labute approximate surface area is 102 Å². The van der Waals surface area contributed by atoms with Crippen molar-refractivity contribution in [1.82, 2.24) is 0 Å². The van der Waals surface area contributed by atoms with Crippen LogP contribution in [0.15, 0.2) is 36.1 Å². The third-order valence-corrected chi connectivity index (χ3v) is 1.66. The van der Waals surface area contributed by atoms with E-state index in [9.17, 15) is 14.9 Å². The molecule has 96 valence electrons. The van der Waals surface area contributed by atoms with E-state index in [4.69, 9.17) is 0 Å². The van der Waals surface area contributed by atoms with Gasteiger partial charge in [-0.15, -0.1) is 0 Å². The number of hydrogen-bond acceptors (Lipinski definition) is 4. The van der Waals surface area contributed by atoms with Crippen molar-refractivity contribution in [3.05, 3.63) is 46.2 Å². The zero-order valence-corrected chi connectivity index (χ0v) is 10.7. The lowest BCUT2D eigenvalue weighted by molar-refractivity contribution is -0.420. The van der Waals surface area contributed by atoms with Crippen LogP contribution < -0.4 is 0 Å². The summed E-state index contributed by atoms with van der Waals surface area (Å²) in [6.45, 7) is 9.09. The highest BCUT2D eigenvalue weighted by atomic mass is 16.6. The molecule has 0 aromatic carbocycles. The number of allylic oxidation sites excluding steroid dienone is 3. The fraction of sp³-hybridized carbons (Fsp3) is 0.417. The summed E-state index contributed by atoms with van der Waals surface area (Å²) >= 11 is 0. The number of hydrogen-bond donors (Lipinski definition) is 0. The maximum atomic E-state index is 11.0. The van der Waals surface area contributed by atoms with Gasteiger partial charge in [-0.3, -0.25) is 14.9 Å². The molecule has 0 aromatic heterocycles. The third kappa shape index (κ3) is 7.05. The Balaban J connectivity index is 0. The van der Waals surface area contributed by atoms with Gasteiger partial charge in [-0.05, 0) is 6.92 Å².